The predicted octanol–water partition coefficient (Wildman–Crippen LogP) is 2.89. The van der Waals surface area contributed by atoms with Gasteiger partial charge in [-0.25, -0.2) is 4.99 Å². The van der Waals surface area contributed by atoms with Crippen molar-refractivity contribution in [3.63, 3.8) is 0 Å². The first-order chi connectivity index (χ1) is 10.7. The molecule has 0 atom stereocenters. The fourth-order valence-electron chi connectivity index (χ4n) is 2.77. The number of Topliss-reactive ketones (excluding diaryl/α,β-unsaturated/α-hetero) is 1. The molecule has 0 fully saturated rings. The Morgan fingerprint density at radius 1 is 1.00 bits per heavy atom. The number of carbonyl (C=O) groups excluding carboxylic acids is 1. The Kier molecular flexibility index (Phi) is 2.79. The highest BCUT2D eigenvalue weighted by atomic mass is 16.3. The maximum Gasteiger partial charge on any atom is 0.262 e. The molecule has 1 aromatic heterocycles. The number of furan rings is 1. The summed E-state index contributed by atoms with van der Waals surface area (Å²) in [5, 5.41) is 0.934. The minimum atomic E-state index is -0.0775. The van der Waals surface area contributed by atoms with Crippen molar-refractivity contribution in [1.29, 1.82) is 0 Å². The molecule has 1 N–H and O–H groups in total. The third-order valence-corrected chi connectivity index (χ3v) is 3.87. The van der Waals surface area contributed by atoms with Crippen LogP contribution in [0.15, 0.2) is 64.6 Å². The maximum absolute atomic E-state index is 12.8. The van der Waals surface area contributed by atoms with Gasteiger partial charge in [0, 0.05) is 6.92 Å². The highest BCUT2D eigenvalue weighted by molar-refractivity contribution is 6.31. The minimum Gasteiger partial charge on any atom is -0.445 e. The summed E-state index contributed by atoms with van der Waals surface area (Å²) in [5.41, 5.74) is 3.96. The molecule has 1 aliphatic rings. The average molecular weight is 288 g/mol. The zero-order valence-electron chi connectivity index (χ0n) is 12.1. The highest BCUT2D eigenvalue weighted by Crippen LogP contribution is 2.30. The summed E-state index contributed by atoms with van der Waals surface area (Å²) >= 11 is 0. The SMILES string of the molecule is CC1=[NH+]c2c(oc3ccccc23)C(=O)C1=Cc1ccccc1. The van der Waals surface area contributed by atoms with Crippen LogP contribution in [0, 0.1) is 0 Å². The van der Waals surface area contributed by atoms with Crippen LogP contribution < -0.4 is 4.99 Å². The van der Waals surface area contributed by atoms with Crippen molar-refractivity contribution in [2.24, 2.45) is 0 Å². The molecular weight excluding hydrogens is 274 g/mol. The van der Waals surface area contributed by atoms with Crippen LogP contribution in [0.5, 0.6) is 0 Å². The molecule has 1 aliphatic heterocycles. The van der Waals surface area contributed by atoms with E-state index in [-0.39, 0.29) is 5.78 Å². The van der Waals surface area contributed by atoms with E-state index in [1.807, 2.05) is 67.6 Å². The number of benzene rings is 2. The summed E-state index contributed by atoms with van der Waals surface area (Å²) in [6.07, 6.45) is 1.89. The van der Waals surface area contributed by atoms with Crippen molar-refractivity contribution in [1.82, 2.24) is 0 Å². The first-order valence-corrected chi connectivity index (χ1v) is 7.18. The van der Waals surface area contributed by atoms with Crippen LogP contribution in [0.1, 0.15) is 23.0 Å². The Balaban J connectivity index is 1.90. The van der Waals surface area contributed by atoms with Crippen molar-refractivity contribution in [3.8, 4) is 0 Å². The lowest BCUT2D eigenvalue weighted by molar-refractivity contribution is -0.353. The van der Waals surface area contributed by atoms with Crippen molar-refractivity contribution in [3.05, 3.63) is 71.5 Å². The number of ketones is 1. The molecule has 0 spiro atoms. The third-order valence-electron chi connectivity index (χ3n) is 3.87. The molecule has 22 heavy (non-hydrogen) atoms. The zero-order chi connectivity index (χ0) is 15.1. The van der Waals surface area contributed by atoms with Crippen LogP contribution >= 0.6 is 0 Å². The summed E-state index contributed by atoms with van der Waals surface area (Å²) in [4.78, 5) is 16.1. The van der Waals surface area contributed by atoms with Gasteiger partial charge in [0.15, 0.2) is 5.71 Å². The van der Waals surface area contributed by atoms with Gasteiger partial charge in [0.2, 0.25) is 11.5 Å². The average Bonchev–Trinajstić information content (AvgIpc) is 2.91. The molecule has 0 amide bonds. The van der Waals surface area contributed by atoms with E-state index in [1.165, 1.54) is 0 Å². The molecule has 2 heterocycles. The number of para-hydroxylation sites is 1. The van der Waals surface area contributed by atoms with Gasteiger partial charge in [-0.2, -0.15) is 0 Å². The van der Waals surface area contributed by atoms with Crippen LogP contribution in [0.2, 0.25) is 0 Å². The molecule has 4 rings (SSSR count). The highest BCUT2D eigenvalue weighted by Gasteiger charge is 2.34. The van der Waals surface area contributed by atoms with Crippen molar-refractivity contribution in [2.45, 2.75) is 6.92 Å². The Morgan fingerprint density at radius 2 is 1.73 bits per heavy atom. The third kappa shape index (κ3) is 1.91. The van der Waals surface area contributed by atoms with Gasteiger partial charge in [-0.1, -0.05) is 42.5 Å². The molecule has 2 aromatic carbocycles. The van der Waals surface area contributed by atoms with Gasteiger partial charge < -0.3 is 4.42 Å². The summed E-state index contributed by atoms with van der Waals surface area (Å²) in [5.74, 6) is 0.306. The number of nitrogens with one attached hydrogen (secondary N) is 1. The molecular formula is C19H14NO2+. The number of rotatable bonds is 1. The van der Waals surface area contributed by atoms with Crippen molar-refractivity contribution < 1.29 is 14.2 Å². The largest absolute Gasteiger partial charge is 0.445 e. The van der Waals surface area contributed by atoms with Gasteiger partial charge >= 0.3 is 0 Å². The molecule has 3 heteroatoms. The summed E-state index contributed by atoms with van der Waals surface area (Å²) < 4.78 is 5.75. The molecule has 106 valence electrons. The van der Waals surface area contributed by atoms with Crippen LogP contribution in [0.4, 0.5) is 5.69 Å². The van der Waals surface area contributed by atoms with Crippen LogP contribution in [-0.2, 0) is 0 Å². The first kappa shape index (κ1) is 12.8. The topological polar surface area (TPSA) is 44.2 Å². The van der Waals surface area contributed by atoms with E-state index in [4.69, 9.17) is 4.42 Å². The lowest BCUT2D eigenvalue weighted by atomic mass is 9.98. The molecule has 3 aromatic rings. The number of hydrogen-bond acceptors (Lipinski definition) is 2. The van der Waals surface area contributed by atoms with E-state index in [9.17, 15) is 4.79 Å². The molecule has 0 saturated carbocycles. The Bertz CT molecular complexity index is 946. The monoisotopic (exact) mass is 288 g/mol. The van der Waals surface area contributed by atoms with Crippen LogP contribution in [-0.4, -0.2) is 11.5 Å². The predicted molar refractivity (Wildman–Crippen MR) is 86.3 cm³/mol. The minimum absolute atomic E-state index is 0.0775. The van der Waals surface area contributed by atoms with Crippen LogP contribution in [0.25, 0.3) is 17.0 Å². The second-order valence-electron chi connectivity index (χ2n) is 5.35. The molecule has 0 bridgehead atoms. The van der Waals surface area contributed by atoms with E-state index in [0.717, 1.165) is 27.9 Å². The van der Waals surface area contributed by atoms with Gasteiger partial charge in [-0.3, -0.25) is 4.79 Å². The van der Waals surface area contributed by atoms with Crippen LogP contribution in [0.3, 0.4) is 0 Å². The Labute approximate surface area is 127 Å². The van der Waals surface area contributed by atoms with E-state index in [0.29, 0.717) is 11.3 Å². The van der Waals surface area contributed by atoms with Gasteiger partial charge in [0.25, 0.3) is 5.69 Å². The second-order valence-corrected chi connectivity index (χ2v) is 5.35. The van der Waals surface area contributed by atoms with E-state index >= 15 is 0 Å². The second kappa shape index (κ2) is 4.81. The molecule has 0 aliphatic carbocycles. The Morgan fingerprint density at radius 3 is 2.55 bits per heavy atom. The van der Waals surface area contributed by atoms with Gasteiger partial charge in [0.1, 0.15) is 5.58 Å². The lowest BCUT2D eigenvalue weighted by Gasteiger charge is -2.05. The zero-order valence-corrected chi connectivity index (χ0v) is 12.1. The quantitative estimate of drug-likeness (QED) is 0.700. The fourth-order valence-corrected chi connectivity index (χ4v) is 2.77. The number of fused-ring (bicyclic) bond motifs is 3. The smallest absolute Gasteiger partial charge is 0.262 e. The lowest BCUT2D eigenvalue weighted by Crippen LogP contribution is -2.68. The number of hydrogen-bond donors (Lipinski definition) is 1. The van der Waals surface area contributed by atoms with E-state index < -0.39 is 0 Å². The first-order valence-electron chi connectivity index (χ1n) is 7.18. The standard InChI is InChI=1S/C19H13NO2/c1-12-15(11-13-7-3-2-4-8-13)18(21)19-17(20-12)14-9-5-6-10-16(14)22-19/h2-11H,1H3/p+1. The molecule has 0 radical (unpaired) electrons. The van der Waals surface area contributed by atoms with Gasteiger partial charge in [0.05, 0.1) is 11.0 Å². The summed E-state index contributed by atoms with van der Waals surface area (Å²) in [7, 11) is 0. The van der Waals surface area contributed by atoms with Crippen molar-refractivity contribution in [2.75, 3.05) is 0 Å². The Hall–Kier alpha value is -2.94. The molecule has 0 unspecified atom stereocenters. The van der Waals surface area contributed by atoms with Gasteiger partial charge in [-0.15, -0.1) is 0 Å². The summed E-state index contributed by atoms with van der Waals surface area (Å²) in [6.45, 7) is 1.91. The number of carbonyl (C=O) groups is 1. The van der Waals surface area contributed by atoms with E-state index in [2.05, 4.69) is 4.99 Å². The van der Waals surface area contributed by atoms with Gasteiger partial charge in [-0.05, 0) is 23.8 Å². The van der Waals surface area contributed by atoms with E-state index in [1.54, 1.807) is 0 Å². The molecule has 3 nitrogen and oxygen atoms in total. The fraction of sp³-hybridized carbons (Fsp3) is 0.0526. The maximum atomic E-state index is 12.8. The normalized spacial score (nSPS) is 16.0. The van der Waals surface area contributed by atoms with Crippen molar-refractivity contribution >= 4 is 34.2 Å². The molecule has 0 saturated heterocycles. The number of allylic oxidation sites excluding steroid dienone is 1. The summed E-state index contributed by atoms with van der Waals surface area (Å²) in [6, 6.07) is 17.5.